The van der Waals surface area contributed by atoms with E-state index in [0.717, 1.165) is 0 Å². The topological polar surface area (TPSA) is 198 Å². The van der Waals surface area contributed by atoms with Crippen LogP contribution in [-0.4, -0.2) is 49.5 Å². The van der Waals surface area contributed by atoms with Crippen LogP contribution in [0.15, 0.2) is 0 Å². The summed E-state index contributed by atoms with van der Waals surface area (Å²) in [4.78, 5) is 43.8. The van der Waals surface area contributed by atoms with Crippen LogP contribution >= 0.6 is 7.82 Å². The summed E-state index contributed by atoms with van der Waals surface area (Å²) in [5.41, 5.74) is 0. The minimum absolute atomic E-state index is 0. The maximum Gasteiger partial charge on any atom is 1.00 e. The van der Waals surface area contributed by atoms with Crippen molar-refractivity contribution in [2.24, 2.45) is 0 Å². The van der Waals surface area contributed by atoms with Crippen LogP contribution in [0.5, 0.6) is 0 Å². The van der Waals surface area contributed by atoms with E-state index >= 15 is 0 Å². The summed E-state index contributed by atoms with van der Waals surface area (Å²) in [7, 11) is -5.14. The molecule has 0 amide bonds. The quantitative estimate of drug-likeness (QED) is 0.246. The van der Waals surface area contributed by atoms with Crippen LogP contribution in [0.25, 0.3) is 0 Å². The first-order valence-electron chi connectivity index (χ1n) is 3.03. The van der Waals surface area contributed by atoms with Crippen LogP contribution in [0.1, 0.15) is 0 Å². The number of aliphatic hydroxyl groups excluding tert-OH is 2. The summed E-state index contributed by atoms with van der Waals surface area (Å²) in [6.07, 6.45) is -4.53. The molecule has 13 heteroatoms. The molecule has 0 fully saturated rings. The molecule has 17 heavy (non-hydrogen) atoms. The number of carbonyl (C=O) groups is 2. The fourth-order valence-corrected chi connectivity index (χ4v) is 0.270. The van der Waals surface area contributed by atoms with E-state index in [4.69, 9.17) is 39.7 Å². The van der Waals surface area contributed by atoms with E-state index in [1.54, 1.807) is 0 Å². The van der Waals surface area contributed by atoms with Gasteiger partial charge in [-0.3, -0.25) is 0 Å². The van der Waals surface area contributed by atoms with Crippen molar-refractivity contribution in [1.29, 1.82) is 0 Å². The van der Waals surface area contributed by atoms with Gasteiger partial charge in [-0.25, -0.2) is 9.59 Å². The summed E-state index contributed by atoms with van der Waals surface area (Å²) in [5.74, 6) is -3.54. The molecule has 5 N–H and O–H groups in total. The standard InChI is InChI=1S/C4H6O6.2Na.H3O4P/c5-1(3(7)8)2(6)4(9)10;;;1-5(2,3)4/h1-2,5-6H,(H,7,8)(H,9,10);;;(H3,1,2,3,4)/q;2*+1;/p-2. The van der Waals surface area contributed by atoms with Crippen LogP contribution in [0.2, 0.25) is 0 Å². The number of carboxylic acids is 2. The first-order valence-corrected chi connectivity index (χ1v) is 4.53. The van der Waals surface area contributed by atoms with Gasteiger partial charge >= 0.3 is 71.1 Å². The summed E-state index contributed by atoms with van der Waals surface area (Å²) in [6, 6.07) is 0. The zero-order chi connectivity index (χ0) is 12.8. The summed E-state index contributed by atoms with van der Waals surface area (Å²) in [5, 5.41) is 32.5. The fourth-order valence-electron chi connectivity index (χ4n) is 0.270. The Labute approximate surface area is 139 Å². The summed E-state index contributed by atoms with van der Waals surface area (Å²) >= 11 is 0. The van der Waals surface area contributed by atoms with Crippen LogP contribution < -0.4 is 68.9 Å². The molecule has 0 saturated heterocycles. The van der Waals surface area contributed by atoms with Crippen LogP contribution in [0.3, 0.4) is 0 Å². The van der Waals surface area contributed by atoms with Gasteiger partial charge in [-0.2, -0.15) is 0 Å². The van der Waals surface area contributed by atoms with Gasteiger partial charge in [0.1, 0.15) is 0 Å². The third-order valence-corrected chi connectivity index (χ3v) is 0.805. The Bertz CT molecular complexity index is 249. The number of hydrogen-bond acceptors (Lipinski definition) is 7. The zero-order valence-corrected chi connectivity index (χ0v) is 13.8. The second-order valence-corrected chi connectivity index (χ2v) is 2.97. The molecule has 2 atom stereocenters. The molecule has 2 unspecified atom stereocenters. The number of aliphatic hydroxyl groups is 2. The second kappa shape index (κ2) is 12.0. The molecule has 0 rings (SSSR count). The predicted molar refractivity (Wildman–Crippen MR) is 37.1 cm³/mol. The largest absolute Gasteiger partial charge is 1.00 e. The number of carboxylic acid groups (broad SMARTS) is 2. The number of hydrogen-bond donors (Lipinski definition) is 5. The monoisotopic (exact) mass is 292 g/mol. The molecule has 0 aromatic heterocycles. The Morgan fingerprint density at radius 2 is 1.06 bits per heavy atom. The minimum Gasteiger partial charge on any atom is -0.790 e. The molecule has 0 aliphatic rings. The Morgan fingerprint density at radius 3 is 1.12 bits per heavy atom. The normalized spacial score (nSPS) is 12.8. The smallest absolute Gasteiger partial charge is 0.790 e. The number of phosphoric acid groups is 1. The van der Waals surface area contributed by atoms with Crippen molar-refractivity contribution in [3.05, 3.63) is 0 Å². The first kappa shape index (κ1) is 26.5. The van der Waals surface area contributed by atoms with Gasteiger partial charge in [-0.1, -0.05) is 0 Å². The van der Waals surface area contributed by atoms with Gasteiger partial charge in [0, 0.05) is 0 Å². The van der Waals surface area contributed by atoms with E-state index in [1.165, 1.54) is 0 Å². The van der Waals surface area contributed by atoms with Crippen molar-refractivity contribution in [3.8, 4) is 0 Å². The van der Waals surface area contributed by atoms with E-state index in [2.05, 4.69) is 0 Å². The average Bonchev–Trinajstić information content (AvgIpc) is 1.98. The third-order valence-electron chi connectivity index (χ3n) is 0.805. The molecule has 0 radical (unpaired) electrons. The molecule has 90 valence electrons. The van der Waals surface area contributed by atoms with Crippen LogP contribution in [0.4, 0.5) is 0 Å². The van der Waals surface area contributed by atoms with Crippen LogP contribution in [0, 0.1) is 0 Å². The van der Waals surface area contributed by atoms with Crippen molar-refractivity contribution in [2.45, 2.75) is 12.2 Å². The molecule has 0 aliphatic carbocycles. The number of aliphatic carboxylic acids is 2. The van der Waals surface area contributed by atoms with E-state index in [1.807, 2.05) is 0 Å². The third kappa shape index (κ3) is 22.6. The van der Waals surface area contributed by atoms with E-state index in [9.17, 15) is 9.59 Å². The molecule has 0 aliphatic heterocycles. The van der Waals surface area contributed by atoms with Gasteiger partial charge in [0.15, 0.2) is 12.2 Å². The van der Waals surface area contributed by atoms with Gasteiger partial charge in [0.25, 0.3) is 0 Å². The maximum atomic E-state index is 9.77. The Balaban J connectivity index is -0.000000105. The van der Waals surface area contributed by atoms with Crippen molar-refractivity contribution < 1.29 is 108 Å². The molecule has 0 spiro atoms. The predicted octanol–water partition coefficient (Wildman–Crippen LogP) is -10.3. The summed E-state index contributed by atoms with van der Waals surface area (Å²) in [6.45, 7) is 0. The molecule has 0 bridgehead atoms. The van der Waals surface area contributed by atoms with Gasteiger partial charge in [0.05, 0.1) is 7.82 Å². The van der Waals surface area contributed by atoms with Crippen molar-refractivity contribution in [3.63, 3.8) is 0 Å². The van der Waals surface area contributed by atoms with Crippen LogP contribution in [-0.2, 0) is 14.2 Å². The van der Waals surface area contributed by atoms with Crippen molar-refractivity contribution in [1.82, 2.24) is 0 Å². The summed E-state index contributed by atoms with van der Waals surface area (Å²) < 4.78 is 8.66. The molecular formula is C4H7Na2O10P. The first-order chi connectivity index (χ1) is 6.46. The van der Waals surface area contributed by atoms with Gasteiger partial charge < -0.3 is 39.7 Å². The molecule has 0 aromatic rings. The Hall–Kier alpha value is 0.970. The maximum absolute atomic E-state index is 9.77. The molecule has 10 nitrogen and oxygen atoms in total. The SMILES string of the molecule is O=C(O)C(O)C(O)C(=O)O.O=P([O-])([O-])O.[Na+].[Na+]. The zero-order valence-electron chi connectivity index (χ0n) is 8.88. The van der Waals surface area contributed by atoms with Gasteiger partial charge in [-0.05, 0) is 0 Å². The molecular weight excluding hydrogens is 285 g/mol. The van der Waals surface area contributed by atoms with E-state index in [0.29, 0.717) is 0 Å². The van der Waals surface area contributed by atoms with Gasteiger partial charge in [-0.15, -0.1) is 0 Å². The molecule has 0 heterocycles. The Morgan fingerprint density at radius 1 is 0.941 bits per heavy atom. The fraction of sp³-hybridized carbons (Fsp3) is 0.500. The minimum atomic E-state index is -5.14. The van der Waals surface area contributed by atoms with E-state index in [-0.39, 0.29) is 59.1 Å². The van der Waals surface area contributed by atoms with Crippen molar-refractivity contribution >= 4 is 19.8 Å². The second-order valence-electron chi connectivity index (χ2n) is 2.03. The van der Waals surface area contributed by atoms with Crippen molar-refractivity contribution in [2.75, 3.05) is 0 Å². The molecule has 0 saturated carbocycles. The molecule has 0 aromatic carbocycles. The van der Waals surface area contributed by atoms with Gasteiger partial charge in [0.2, 0.25) is 0 Å². The number of rotatable bonds is 3. The van der Waals surface area contributed by atoms with E-state index < -0.39 is 32.0 Å². The Kier molecular flexibility index (Phi) is 18.8. The average molecular weight is 292 g/mol.